The van der Waals surface area contributed by atoms with Gasteiger partial charge in [-0.25, -0.2) is 0 Å². The van der Waals surface area contributed by atoms with Crippen LogP contribution in [0.25, 0.3) is 5.57 Å². The van der Waals surface area contributed by atoms with Crippen LogP contribution in [-0.4, -0.2) is 16.8 Å². The smallest absolute Gasteiger partial charge is 0.248 e. The Hall–Kier alpha value is -2.88. The van der Waals surface area contributed by atoms with Crippen LogP contribution in [0.2, 0.25) is 0 Å². The molecule has 0 aliphatic heterocycles. The second-order valence-corrected chi connectivity index (χ2v) is 10.9. The van der Waals surface area contributed by atoms with E-state index >= 15 is 0 Å². The normalized spacial score (nSPS) is 11.5. The highest BCUT2D eigenvalue weighted by Gasteiger charge is 2.07. The Labute approximate surface area is 237 Å². The lowest BCUT2D eigenvalue weighted by molar-refractivity contribution is -0.111. The number of phenols is 1. The highest BCUT2D eigenvalue weighted by atomic mass is 16.3. The Kier molecular flexibility index (Phi) is 16.6. The summed E-state index contributed by atoms with van der Waals surface area (Å²) in [5.41, 5.74) is 3.04. The summed E-state index contributed by atoms with van der Waals surface area (Å²) in [5, 5.41) is 12.3. The van der Waals surface area contributed by atoms with Gasteiger partial charge in [0.2, 0.25) is 5.91 Å². The Balaban J connectivity index is 1.51. The van der Waals surface area contributed by atoms with E-state index in [2.05, 4.69) is 12.2 Å². The lowest BCUT2D eigenvalue weighted by Gasteiger charge is -2.06. The molecule has 0 bridgehead atoms. The van der Waals surface area contributed by atoms with Gasteiger partial charge in [-0.3, -0.25) is 9.59 Å². The maximum absolute atomic E-state index is 12.5. The van der Waals surface area contributed by atoms with Crippen molar-refractivity contribution in [2.45, 2.75) is 123 Å². The van der Waals surface area contributed by atoms with Gasteiger partial charge in [0.05, 0.1) is 0 Å². The van der Waals surface area contributed by atoms with Crippen molar-refractivity contribution in [2.24, 2.45) is 0 Å². The minimum Gasteiger partial charge on any atom is -0.508 e. The van der Waals surface area contributed by atoms with Crippen molar-refractivity contribution in [3.8, 4) is 5.75 Å². The highest BCUT2D eigenvalue weighted by molar-refractivity contribution is 6.04. The SMILES string of the molecule is CCCCCCCCCCCCCCCCCCC(=O)c1ccc(NC(=O)C=C(C)c2ccc(O)cc2)cc1. The van der Waals surface area contributed by atoms with Crippen molar-refractivity contribution in [3.63, 3.8) is 0 Å². The third-order valence-electron chi connectivity index (χ3n) is 7.40. The first kappa shape index (κ1) is 32.3. The van der Waals surface area contributed by atoms with Crippen LogP contribution in [0.15, 0.2) is 54.6 Å². The molecule has 0 unspecified atom stereocenters. The first-order valence-corrected chi connectivity index (χ1v) is 15.4. The Morgan fingerprint density at radius 3 is 1.56 bits per heavy atom. The largest absolute Gasteiger partial charge is 0.508 e. The van der Waals surface area contributed by atoms with Crippen LogP contribution >= 0.6 is 0 Å². The number of rotatable bonds is 21. The summed E-state index contributed by atoms with van der Waals surface area (Å²) in [6.45, 7) is 4.13. The fourth-order valence-electron chi connectivity index (χ4n) is 4.90. The van der Waals surface area contributed by atoms with Gasteiger partial charge >= 0.3 is 0 Å². The molecule has 4 nitrogen and oxygen atoms in total. The van der Waals surface area contributed by atoms with Gasteiger partial charge in [0, 0.05) is 23.7 Å². The molecule has 2 aromatic rings. The number of carbonyl (C=O) groups excluding carboxylic acids is 2. The van der Waals surface area contributed by atoms with Crippen molar-refractivity contribution in [2.75, 3.05) is 5.32 Å². The number of anilines is 1. The number of amides is 1. The zero-order valence-electron chi connectivity index (χ0n) is 24.5. The monoisotopic (exact) mass is 533 g/mol. The minimum absolute atomic E-state index is 0.168. The van der Waals surface area contributed by atoms with Gasteiger partial charge < -0.3 is 10.4 Å². The molecule has 0 saturated carbocycles. The fourth-order valence-corrected chi connectivity index (χ4v) is 4.90. The van der Waals surface area contributed by atoms with Crippen molar-refractivity contribution in [3.05, 3.63) is 65.7 Å². The van der Waals surface area contributed by atoms with Gasteiger partial charge in [0.25, 0.3) is 0 Å². The number of ketones is 1. The average molecular weight is 534 g/mol. The number of carbonyl (C=O) groups is 2. The lowest BCUT2D eigenvalue weighted by atomic mass is 10.0. The summed E-state index contributed by atoms with van der Waals surface area (Å²) in [4.78, 5) is 24.9. The molecule has 0 radical (unpaired) electrons. The second kappa shape index (κ2) is 20.1. The summed E-state index contributed by atoms with van der Waals surface area (Å²) >= 11 is 0. The number of allylic oxidation sites excluding steroid dienone is 1. The van der Waals surface area contributed by atoms with E-state index in [0.29, 0.717) is 17.7 Å². The molecule has 0 spiro atoms. The van der Waals surface area contributed by atoms with E-state index in [1.165, 1.54) is 96.0 Å². The molecular weight excluding hydrogens is 482 g/mol. The van der Waals surface area contributed by atoms with Crippen molar-refractivity contribution in [1.82, 2.24) is 0 Å². The highest BCUT2D eigenvalue weighted by Crippen LogP contribution is 2.19. The molecule has 2 aromatic carbocycles. The molecule has 0 atom stereocenters. The summed E-state index contributed by atoms with van der Waals surface area (Å²) in [5.74, 6) is 0.134. The van der Waals surface area contributed by atoms with Crippen LogP contribution in [0, 0.1) is 0 Å². The van der Waals surface area contributed by atoms with Gasteiger partial charge in [-0.1, -0.05) is 115 Å². The van der Waals surface area contributed by atoms with Crippen molar-refractivity contribution < 1.29 is 14.7 Å². The van der Waals surface area contributed by atoms with Crippen molar-refractivity contribution >= 4 is 23.0 Å². The van der Waals surface area contributed by atoms with Crippen LogP contribution in [0.3, 0.4) is 0 Å². The van der Waals surface area contributed by atoms with E-state index in [1.54, 1.807) is 48.5 Å². The first-order valence-electron chi connectivity index (χ1n) is 15.4. The predicted molar refractivity (Wildman–Crippen MR) is 165 cm³/mol. The number of hydrogen-bond acceptors (Lipinski definition) is 3. The maximum atomic E-state index is 12.5. The molecule has 0 aromatic heterocycles. The van der Waals surface area contributed by atoms with E-state index in [9.17, 15) is 14.7 Å². The van der Waals surface area contributed by atoms with Gasteiger partial charge in [-0.2, -0.15) is 0 Å². The third-order valence-corrected chi connectivity index (χ3v) is 7.40. The van der Waals surface area contributed by atoms with E-state index in [1.807, 2.05) is 6.92 Å². The molecule has 0 heterocycles. The predicted octanol–water partition coefficient (Wildman–Crippen LogP) is 10.3. The van der Waals surface area contributed by atoms with E-state index in [4.69, 9.17) is 0 Å². The third kappa shape index (κ3) is 14.7. The minimum atomic E-state index is -0.229. The van der Waals surface area contributed by atoms with Crippen LogP contribution in [-0.2, 0) is 4.79 Å². The number of benzene rings is 2. The topological polar surface area (TPSA) is 66.4 Å². The second-order valence-electron chi connectivity index (χ2n) is 10.9. The molecule has 214 valence electrons. The van der Waals surface area contributed by atoms with Crippen LogP contribution in [0.1, 0.15) is 139 Å². The molecular formula is C35H51NO3. The number of Topliss-reactive ketones (excluding diaryl/α,β-unsaturated/α-hetero) is 1. The number of phenolic OH excluding ortho intramolecular Hbond substituents is 1. The molecule has 39 heavy (non-hydrogen) atoms. The average Bonchev–Trinajstić information content (AvgIpc) is 2.93. The summed E-state index contributed by atoms with van der Waals surface area (Å²) in [6, 6.07) is 13.9. The summed E-state index contributed by atoms with van der Waals surface area (Å²) in [6.07, 6.45) is 23.3. The molecule has 0 aliphatic carbocycles. The maximum Gasteiger partial charge on any atom is 0.248 e. The molecule has 0 aliphatic rings. The van der Waals surface area contributed by atoms with Crippen LogP contribution in [0.5, 0.6) is 5.75 Å². The van der Waals surface area contributed by atoms with E-state index in [-0.39, 0.29) is 17.4 Å². The van der Waals surface area contributed by atoms with Crippen molar-refractivity contribution in [1.29, 1.82) is 0 Å². The van der Waals surface area contributed by atoms with E-state index < -0.39 is 0 Å². The Morgan fingerprint density at radius 1 is 0.641 bits per heavy atom. The fraction of sp³-hybridized carbons (Fsp3) is 0.543. The summed E-state index contributed by atoms with van der Waals surface area (Å²) < 4.78 is 0. The van der Waals surface area contributed by atoms with Crippen LogP contribution in [0.4, 0.5) is 5.69 Å². The molecule has 4 heteroatoms. The molecule has 0 fully saturated rings. The van der Waals surface area contributed by atoms with Gasteiger partial charge in [0.1, 0.15) is 5.75 Å². The van der Waals surface area contributed by atoms with Gasteiger partial charge in [-0.05, 0) is 60.9 Å². The number of nitrogens with one attached hydrogen (secondary N) is 1. The molecule has 0 saturated heterocycles. The molecule has 2 rings (SSSR count). The zero-order valence-corrected chi connectivity index (χ0v) is 24.5. The van der Waals surface area contributed by atoms with Crippen LogP contribution < -0.4 is 5.32 Å². The molecule has 1 amide bonds. The quantitative estimate of drug-likeness (QED) is 0.0952. The summed E-state index contributed by atoms with van der Waals surface area (Å²) in [7, 11) is 0. The zero-order chi connectivity index (χ0) is 28.1. The van der Waals surface area contributed by atoms with E-state index in [0.717, 1.165) is 24.0 Å². The molecule has 2 N–H and O–H groups in total. The van der Waals surface area contributed by atoms with Gasteiger partial charge in [-0.15, -0.1) is 0 Å². The number of aromatic hydroxyl groups is 1. The first-order chi connectivity index (χ1) is 19.0. The number of hydrogen-bond donors (Lipinski definition) is 2. The standard InChI is InChI=1S/C35H51NO3/c1-3-4-5-6-7-8-9-10-11-12-13-14-15-16-17-18-19-34(38)31-20-24-32(25-21-31)36-35(39)28-29(2)30-22-26-33(37)27-23-30/h20-28,37H,3-19H2,1-2H3,(H,36,39). The Morgan fingerprint density at radius 2 is 1.08 bits per heavy atom. The lowest BCUT2D eigenvalue weighted by Crippen LogP contribution is -2.09. The Bertz CT molecular complexity index is 976. The number of unbranched alkanes of at least 4 members (excludes halogenated alkanes) is 15. The van der Waals surface area contributed by atoms with Gasteiger partial charge in [0.15, 0.2) is 5.78 Å².